The Balaban J connectivity index is -0.00000000286. The van der Waals surface area contributed by atoms with E-state index in [4.69, 9.17) is 13.2 Å². The van der Waals surface area contributed by atoms with Crippen molar-refractivity contribution in [3.8, 4) is 0 Å². The Hall–Kier alpha value is 1.08. The van der Waals surface area contributed by atoms with Crippen molar-refractivity contribution in [1.82, 2.24) is 0 Å². The first kappa shape index (κ1) is 74.0. The van der Waals surface area contributed by atoms with Gasteiger partial charge in [0.05, 0.1) is 0 Å². The van der Waals surface area contributed by atoms with Gasteiger partial charge in [0, 0.05) is 0 Å². The summed E-state index contributed by atoms with van der Waals surface area (Å²) in [6.07, 6.45) is 0. The van der Waals surface area contributed by atoms with Crippen LogP contribution in [-0.2, 0) is 3.02 Å². The molecule has 0 aromatic heterocycles. The molecule has 0 aliphatic carbocycles. The minimum absolute atomic E-state index is 0. The first-order valence-corrected chi connectivity index (χ1v) is 5.25. The predicted molar refractivity (Wildman–Crippen MR) is 29.2 cm³/mol. The van der Waals surface area contributed by atoms with Gasteiger partial charge >= 0.3 is 62.8 Å². The molecule has 3 N–H and O–H groups in total. The molecule has 0 rings (SSSR count). The number of halogens is 6. The Morgan fingerprint density at radius 2 is 0.750 bits per heavy atom. The minimum atomic E-state index is -5.35. The van der Waals surface area contributed by atoms with E-state index >= 15 is 0 Å². The zero-order valence-corrected chi connectivity index (χ0v) is 10.2. The SMILES string of the molecule is F.F.F.F.F.F.[H-].[Na+].[O]=[Sb]([OH])([OH])[OH]. The van der Waals surface area contributed by atoms with Gasteiger partial charge in [0.2, 0.25) is 0 Å². The van der Waals surface area contributed by atoms with E-state index in [1.165, 1.54) is 0 Å². The van der Waals surface area contributed by atoms with E-state index in [1.807, 2.05) is 0 Å². The van der Waals surface area contributed by atoms with E-state index in [-0.39, 0.29) is 59.2 Å². The molecule has 12 heavy (non-hydrogen) atoms. The molecule has 0 aliphatic rings. The van der Waals surface area contributed by atoms with E-state index < -0.39 is 20.1 Å². The number of hydrogen-bond donors (Lipinski definition) is 3. The third-order valence-corrected chi connectivity index (χ3v) is 0. The van der Waals surface area contributed by atoms with Crippen molar-refractivity contribution in [3.05, 3.63) is 0 Å². The van der Waals surface area contributed by atoms with E-state index in [9.17, 15) is 0 Å². The van der Waals surface area contributed by atoms with Crippen molar-refractivity contribution in [3.63, 3.8) is 0 Å². The zero-order valence-electron chi connectivity index (χ0n) is 6.65. The van der Waals surface area contributed by atoms with Gasteiger partial charge < -0.3 is 1.43 Å². The Kier molecular flexibility index (Phi) is 182. The topological polar surface area (TPSA) is 77.8 Å². The van der Waals surface area contributed by atoms with Gasteiger partial charge in [0.15, 0.2) is 0 Å². The molecule has 0 aromatic carbocycles. The number of hydrogen-bond acceptors (Lipinski definition) is 1. The molecule has 0 unspecified atom stereocenters. The van der Waals surface area contributed by atoms with Crippen molar-refractivity contribution in [2.24, 2.45) is 0 Å². The monoisotopic (exact) mass is 332 g/mol. The van der Waals surface area contributed by atoms with E-state index in [0.29, 0.717) is 0 Å². The summed E-state index contributed by atoms with van der Waals surface area (Å²) in [5.74, 6) is 0. The molecule has 0 atom stereocenters. The maximum atomic E-state index is 8.97. The van der Waals surface area contributed by atoms with Crippen LogP contribution in [-0.4, -0.2) is 30.2 Å². The van der Waals surface area contributed by atoms with Crippen LogP contribution in [0.4, 0.5) is 28.2 Å². The third kappa shape index (κ3) is 968. The van der Waals surface area contributed by atoms with E-state index in [2.05, 4.69) is 0 Å². The average Bonchev–Trinajstić information content (AvgIpc) is 0.722. The van der Waals surface area contributed by atoms with Crippen molar-refractivity contribution in [1.29, 1.82) is 0 Å². The summed E-state index contributed by atoms with van der Waals surface area (Å²) in [7, 11) is 0. The molecule has 0 bridgehead atoms. The van der Waals surface area contributed by atoms with Crippen LogP contribution in [0.1, 0.15) is 1.43 Å². The molecule has 4 nitrogen and oxygen atoms in total. The van der Waals surface area contributed by atoms with Gasteiger partial charge in [-0.3, -0.25) is 28.2 Å². The molecular formula is H10F6NaO4Sb. The Morgan fingerprint density at radius 3 is 0.750 bits per heavy atom. The van der Waals surface area contributed by atoms with Crippen LogP contribution in [0.25, 0.3) is 0 Å². The van der Waals surface area contributed by atoms with Gasteiger partial charge in [-0.1, -0.05) is 0 Å². The summed E-state index contributed by atoms with van der Waals surface area (Å²) in [5, 5.41) is 0. The summed E-state index contributed by atoms with van der Waals surface area (Å²) in [4.78, 5) is 0. The Bertz CT molecular complexity index is 70.8. The molecule has 0 heterocycles. The van der Waals surface area contributed by atoms with E-state index in [0.717, 1.165) is 0 Å². The third-order valence-electron chi connectivity index (χ3n) is 0. The molecule has 0 aliphatic heterocycles. The van der Waals surface area contributed by atoms with Crippen molar-refractivity contribution < 1.29 is 72.4 Å². The summed E-state index contributed by atoms with van der Waals surface area (Å²) in [6.45, 7) is 0. The molecule has 0 saturated heterocycles. The molecule has 12 heteroatoms. The number of rotatable bonds is 0. The fourth-order valence-corrected chi connectivity index (χ4v) is 0. The fourth-order valence-electron chi connectivity index (χ4n) is 0. The van der Waals surface area contributed by atoms with Crippen LogP contribution in [0.2, 0.25) is 0 Å². The average molecular weight is 333 g/mol. The van der Waals surface area contributed by atoms with E-state index in [1.54, 1.807) is 0 Å². The quantitative estimate of drug-likeness (QED) is 0.311. The standard InChI is InChI=1S/6FH.Na.3H2O.O.Sb.H/h6*1H;;3*1H2;;;/q;;;;;;+1;;;;;+3;-1/p-3. The normalized spacial score (nSPS) is 4.92. The van der Waals surface area contributed by atoms with Crippen LogP contribution in [0.3, 0.4) is 0 Å². The molecule has 0 spiro atoms. The first-order chi connectivity index (χ1) is 2.00. The predicted octanol–water partition coefficient (Wildman–Crippen LogP) is -4.14. The first-order valence-electron chi connectivity index (χ1n) is 0.783. The summed E-state index contributed by atoms with van der Waals surface area (Å²) >= 11 is -5.35. The second-order valence-corrected chi connectivity index (χ2v) is 3.44. The Labute approximate surface area is 92.0 Å². The molecule has 0 aromatic rings. The molecule has 0 fully saturated rings. The van der Waals surface area contributed by atoms with Gasteiger partial charge in [-0.05, 0) is 0 Å². The maximum absolute atomic E-state index is 8.97. The molecule has 82 valence electrons. The van der Waals surface area contributed by atoms with Gasteiger partial charge in [0.1, 0.15) is 0 Å². The Morgan fingerprint density at radius 1 is 0.750 bits per heavy atom. The van der Waals surface area contributed by atoms with Crippen LogP contribution in [0.5, 0.6) is 0 Å². The van der Waals surface area contributed by atoms with Gasteiger partial charge in [0.25, 0.3) is 0 Å². The van der Waals surface area contributed by atoms with Gasteiger partial charge in [-0.15, -0.1) is 0 Å². The zero-order chi connectivity index (χ0) is 4.50. The molecular weight excluding hydrogens is 323 g/mol. The second kappa shape index (κ2) is 29.6. The summed E-state index contributed by atoms with van der Waals surface area (Å²) in [6, 6.07) is 0. The van der Waals surface area contributed by atoms with Gasteiger partial charge in [-0.25, -0.2) is 0 Å². The second-order valence-electron chi connectivity index (χ2n) is 0.513. The molecule has 0 saturated carbocycles. The van der Waals surface area contributed by atoms with Crippen LogP contribution in [0, 0.1) is 0 Å². The molecule has 0 amide bonds. The van der Waals surface area contributed by atoms with Crippen molar-refractivity contribution >= 4 is 20.1 Å². The fraction of sp³-hybridized carbons (Fsp3) is 0. The van der Waals surface area contributed by atoms with Crippen LogP contribution >= 0.6 is 0 Å². The summed E-state index contributed by atoms with van der Waals surface area (Å²) < 4.78 is 30.8. The van der Waals surface area contributed by atoms with Crippen LogP contribution < -0.4 is 29.6 Å². The van der Waals surface area contributed by atoms with Gasteiger partial charge in [-0.2, -0.15) is 0 Å². The molecule has 0 radical (unpaired) electrons. The van der Waals surface area contributed by atoms with Crippen LogP contribution in [0.15, 0.2) is 0 Å². The van der Waals surface area contributed by atoms with Crippen molar-refractivity contribution in [2.45, 2.75) is 0 Å². The summed E-state index contributed by atoms with van der Waals surface area (Å²) in [5.41, 5.74) is 0. The van der Waals surface area contributed by atoms with Crippen molar-refractivity contribution in [2.75, 3.05) is 0 Å².